The fourth-order valence-corrected chi connectivity index (χ4v) is 4.02. The summed E-state index contributed by atoms with van der Waals surface area (Å²) in [5, 5.41) is 4.63. The first-order valence-electron chi connectivity index (χ1n) is 7.10. The van der Waals surface area contributed by atoms with E-state index >= 15 is 0 Å². The zero-order chi connectivity index (χ0) is 13.2. The molecule has 0 saturated carbocycles. The second-order valence-electron chi connectivity index (χ2n) is 5.45. The van der Waals surface area contributed by atoms with Crippen LogP contribution in [-0.2, 0) is 0 Å². The van der Waals surface area contributed by atoms with Crippen LogP contribution in [-0.4, -0.2) is 30.2 Å². The molecule has 2 aromatic rings. The number of rotatable bonds is 3. The van der Waals surface area contributed by atoms with Gasteiger partial charge in [-0.15, -0.1) is 0 Å². The van der Waals surface area contributed by atoms with Crippen LogP contribution < -0.4 is 10.2 Å². The van der Waals surface area contributed by atoms with Crippen LogP contribution in [0.5, 0.6) is 0 Å². The molecule has 1 aromatic carbocycles. The number of aromatic nitrogens is 1. The summed E-state index contributed by atoms with van der Waals surface area (Å²) in [6.45, 7) is 6.79. The van der Waals surface area contributed by atoms with E-state index in [0.29, 0.717) is 12.1 Å². The standard InChI is InChI=1S/C15H21N3S/c1-11(2)18(12-7-9-16-10-8-12)15-17-13-5-3-4-6-14(13)19-15/h3-6,11-12,16H,7-10H2,1-2H3. The molecule has 0 bridgehead atoms. The van der Waals surface area contributed by atoms with Crippen LogP contribution in [0.4, 0.5) is 5.13 Å². The van der Waals surface area contributed by atoms with Gasteiger partial charge in [-0.25, -0.2) is 4.98 Å². The van der Waals surface area contributed by atoms with E-state index in [4.69, 9.17) is 4.98 Å². The Morgan fingerprint density at radius 2 is 2.00 bits per heavy atom. The zero-order valence-electron chi connectivity index (χ0n) is 11.6. The predicted octanol–water partition coefficient (Wildman–Crippen LogP) is 3.26. The van der Waals surface area contributed by atoms with Gasteiger partial charge in [0, 0.05) is 12.1 Å². The van der Waals surface area contributed by atoms with E-state index in [1.54, 1.807) is 0 Å². The number of benzene rings is 1. The Labute approximate surface area is 118 Å². The molecule has 1 N–H and O–H groups in total. The van der Waals surface area contributed by atoms with Gasteiger partial charge in [-0.2, -0.15) is 0 Å². The van der Waals surface area contributed by atoms with Crippen LogP contribution in [0.3, 0.4) is 0 Å². The van der Waals surface area contributed by atoms with E-state index in [2.05, 4.69) is 48.3 Å². The fourth-order valence-electron chi connectivity index (χ4n) is 2.85. The van der Waals surface area contributed by atoms with Gasteiger partial charge >= 0.3 is 0 Å². The summed E-state index contributed by atoms with van der Waals surface area (Å²) in [5.74, 6) is 0. The molecule has 0 atom stereocenters. The van der Waals surface area contributed by atoms with Gasteiger partial charge < -0.3 is 10.2 Å². The molecular weight excluding hydrogens is 254 g/mol. The highest BCUT2D eigenvalue weighted by atomic mass is 32.1. The molecule has 3 nitrogen and oxygen atoms in total. The molecule has 0 radical (unpaired) electrons. The van der Waals surface area contributed by atoms with Gasteiger partial charge in [0.15, 0.2) is 5.13 Å². The Hall–Kier alpha value is -1.13. The van der Waals surface area contributed by atoms with Crippen LogP contribution in [0.25, 0.3) is 10.2 Å². The predicted molar refractivity (Wildman–Crippen MR) is 83.1 cm³/mol. The molecule has 0 spiro atoms. The molecule has 1 aliphatic rings. The van der Waals surface area contributed by atoms with Crippen molar-refractivity contribution in [3.05, 3.63) is 24.3 Å². The highest BCUT2D eigenvalue weighted by Gasteiger charge is 2.25. The largest absolute Gasteiger partial charge is 0.343 e. The van der Waals surface area contributed by atoms with Gasteiger partial charge in [-0.05, 0) is 51.9 Å². The molecule has 102 valence electrons. The molecule has 3 rings (SSSR count). The summed E-state index contributed by atoms with van der Waals surface area (Å²) >= 11 is 1.82. The number of para-hydroxylation sites is 1. The topological polar surface area (TPSA) is 28.2 Å². The molecule has 1 fully saturated rings. The van der Waals surface area contributed by atoms with Gasteiger partial charge in [-0.1, -0.05) is 23.5 Å². The zero-order valence-corrected chi connectivity index (χ0v) is 12.4. The number of hydrogen-bond acceptors (Lipinski definition) is 4. The number of fused-ring (bicyclic) bond motifs is 1. The van der Waals surface area contributed by atoms with Crippen molar-refractivity contribution in [2.45, 2.75) is 38.8 Å². The maximum absolute atomic E-state index is 4.83. The average Bonchev–Trinajstić information content (AvgIpc) is 2.82. The lowest BCUT2D eigenvalue weighted by atomic mass is 10.0. The molecule has 1 saturated heterocycles. The van der Waals surface area contributed by atoms with Crippen molar-refractivity contribution in [1.29, 1.82) is 0 Å². The molecule has 0 aliphatic carbocycles. The molecule has 0 amide bonds. The van der Waals surface area contributed by atoms with E-state index in [0.717, 1.165) is 18.6 Å². The minimum absolute atomic E-state index is 0.503. The Morgan fingerprint density at radius 3 is 2.68 bits per heavy atom. The number of anilines is 1. The average molecular weight is 275 g/mol. The van der Waals surface area contributed by atoms with E-state index in [1.165, 1.54) is 22.7 Å². The van der Waals surface area contributed by atoms with E-state index in [-0.39, 0.29) is 0 Å². The van der Waals surface area contributed by atoms with Crippen LogP contribution in [0.1, 0.15) is 26.7 Å². The highest BCUT2D eigenvalue weighted by Crippen LogP contribution is 2.32. The number of nitrogens with zero attached hydrogens (tertiary/aromatic N) is 2. The van der Waals surface area contributed by atoms with E-state index < -0.39 is 0 Å². The molecule has 2 heterocycles. The summed E-state index contributed by atoms with van der Waals surface area (Å²) in [5.41, 5.74) is 1.13. The van der Waals surface area contributed by atoms with Crippen LogP contribution in [0.15, 0.2) is 24.3 Å². The van der Waals surface area contributed by atoms with Crippen molar-refractivity contribution in [1.82, 2.24) is 10.3 Å². The minimum atomic E-state index is 0.503. The summed E-state index contributed by atoms with van der Waals surface area (Å²) in [6.07, 6.45) is 2.43. The van der Waals surface area contributed by atoms with Gasteiger partial charge in [0.25, 0.3) is 0 Å². The first-order valence-corrected chi connectivity index (χ1v) is 7.92. The molecule has 1 aliphatic heterocycles. The first kappa shape index (κ1) is 12.9. The van der Waals surface area contributed by atoms with E-state index in [1.807, 2.05) is 11.3 Å². The minimum Gasteiger partial charge on any atom is -0.343 e. The van der Waals surface area contributed by atoms with Crippen molar-refractivity contribution >= 4 is 26.7 Å². The lowest BCUT2D eigenvalue weighted by molar-refractivity contribution is 0.412. The Morgan fingerprint density at radius 1 is 1.26 bits per heavy atom. The summed E-state index contributed by atoms with van der Waals surface area (Å²) < 4.78 is 1.29. The Balaban J connectivity index is 1.94. The van der Waals surface area contributed by atoms with Crippen LogP contribution in [0.2, 0.25) is 0 Å². The number of nitrogens with one attached hydrogen (secondary N) is 1. The molecule has 1 aromatic heterocycles. The van der Waals surface area contributed by atoms with Crippen LogP contribution in [0, 0.1) is 0 Å². The third kappa shape index (κ3) is 2.60. The van der Waals surface area contributed by atoms with Crippen molar-refractivity contribution in [2.75, 3.05) is 18.0 Å². The monoisotopic (exact) mass is 275 g/mol. The highest BCUT2D eigenvalue weighted by molar-refractivity contribution is 7.22. The Bertz CT molecular complexity index is 510. The molecule has 19 heavy (non-hydrogen) atoms. The molecule has 0 unspecified atom stereocenters. The van der Waals surface area contributed by atoms with Crippen molar-refractivity contribution in [2.24, 2.45) is 0 Å². The summed E-state index contributed by atoms with van der Waals surface area (Å²) in [4.78, 5) is 7.35. The van der Waals surface area contributed by atoms with Gasteiger partial charge in [-0.3, -0.25) is 0 Å². The van der Waals surface area contributed by atoms with Crippen molar-refractivity contribution in [3.8, 4) is 0 Å². The van der Waals surface area contributed by atoms with E-state index in [9.17, 15) is 0 Å². The molecule has 4 heteroatoms. The van der Waals surface area contributed by atoms with Crippen LogP contribution >= 0.6 is 11.3 Å². The molecular formula is C15H21N3S. The van der Waals surface area contributed by atoms with Gasteiger partial charge in [0.1, 0.15) is 0 Å². The second-order valence-corrected chi connectivity index (χ2v) is 6.46. The SMILES string of the molecule is CC(C)N(c1nc2ccccc2s1)C1CCNCC1. The van der Waals surface area contributed by atoms with Crippen molar-refractivity contribution < 1.29 is 0 Å². The van der Waals surface area contributed by atoms with Gasteiger partial charge in [0.05, 0.1) is 10.2 Å². The summed E-state index contributed by atoms with van der Waals surface area (Å²) in [7, 11) is 0. The van der Waals surface area contributed by atoms with Crippen molar-refractivity contribution in [3.63, 3.8) is 0 Å². The number of piperidine rings is 1. The normalized spacial score (nSPS) is 17.2. The maximum Gasteiger partial charge on any atom is 0.186 e. The fraction of sp³-hybridized carbons (Fsp3) is 0.533. The lowest BCUT2D eigenvalue weighted by Crippen LogP contribution is -2.46. The maximum atomic E-state index is 4.83. The summed E-state index contributed by atoms with van der Waals surface area (Å²) in [6, 6.07) is 9.56. The quantitative estimate of drug-likeness (QED) is 0.932. The smallest absolute Gasteiger partial charge is 0.186 e. The number of hydrogen-bond donors (Lipinski definition) is 1. The third-order valence-electron chi connectivity index (χ3n) is 3.76. The number of thiazole rings is 1. The third-order valence-corrected chi connectivity index (χ3v) is 4.81. The van der Waals surface area contributed by atoms with Gasteiger partial charge in [0.2, 0.25) is 0 Å². The Kier molecular flexibility index (Phi) is 3.71. The lowest BCUT2D eigenvalue weighted by Gasteiger charge is -2.37. The first-order chi connectivity index (χ1) is 9.25. The second kappa shape index (κ2) is 5.47.